The molecule has 0 bridgehead atoms. The molecule has 0 amide bonds. The molecule has 6 heteroatoms. The van der Waals surface area contributed by atoms with E-state index >= 15 is 0 Å². The Balaban J connectivity index is 2.06. The second-order valence-corrected chi connectivity index (χ2v) is 5.44. The first-order chi connectivity index (χ1) is 10.2. The zero-order valence-electron chi connectivity index (χ0n) is 12.8. The van der Waals surface area contributed by atoms with Gasteiger partial charge in [-0.2, -0.15) is 0 Å². The Morgan fingerprint density at radius 2 is 2.24 bits per heavy atom. The molecule has 0 saturated heterocycles. The van der Waals surface area contributed by atoms with Gasteiger partial charge in [0.1, 0.15) is 0 Å². The number of hydrogen-bond acceptors (Lipinski definition) is 6. The maximum atomic E-state index is 11.7. The number of nitrogens with one attached hydrogen (secondary N) is 1. The molecule has 1 saturated carbocycles. The fraction of sp³-hybridized carbons (Fsp3) is 0.667. The van der Waals surface area contributed by atoms with E-state index in [1.807, 2.05) is 0 Å². The van der Waals surface area contributed by atoms with Crippen LogP contribution in [0, 0.1) is 12.8 Å². The van der Waals surface area contributed by atoms with E-state index in [0.29, 0.717) is 36.3 Å². The number of nitrogens with zero attached hydrogens (tertiary/aromatic N) is 2. The van der Waals surface area contributed by atoms with Gasteiger partial charge in [-0.3, -0.25) is 0 Å². The van der Waals surface area contributed by atoms with Gasteiger partial charge in [0.25, 0.3) is 0 Å². The number of aryl methyl sites for hydroxylation is 1. The van der Waals surface area contributed by atoms with Crippen LogP contribution >= 0.6 is 0 Å². The van der Waals surface area contributed by atoms with Crippen LogP contribution in [0.15, 0.2) is 6.20 Å². The standard InChI is InChI=1S/C15H24N4O2/c1-3-21-14(20)12-9-17-15(18-10(12)2)19-13(8-16)11-6-4-5-7-11/h9,11,13H,3-8,16H2,1-2H3,(H,17,18,19). The van der Waals surface area contributed by atoms with Crippen LogP contribution < -0.4 is 11.1 Å². The lowest BCUT2D eigenvalue weighted by molar-refractivity contribution is 0.0524. The van der Waals surface area contributed by atoms with Gasteiger partial charge in [0.15, 0.2) is 0 Å². The molecule has 1 aromatic rings. The maximum absolute atomic E-state index is 11.7. The highest BCUT2D eigenvalue weighted by Crippen LogP contribution is 2.28. The lowest BCUT2D eigenvalue weighted by Crippen LogP contribution is -2.35. The van der Waals surface area contributed by atoms with Gasteiger partial charge in [0, 0.05) is 18.8 Å². The molecule has 0 spiro atoms. The smallest absolute Gasteiger partial charge is 0.341 e. The molecule has 1 atom stereocenters. The predicted octanol–water partition coefficient (Wildman–Crippen LogP) is 1.89. The van der Waals surface area contributed by atoms with Crippen LogP contribution in [0.1, 0.15) is 48.7 Å². The normalized spacial score (nSPS) is 16.7. The molecule has 0 aliphatic heterocycles. The number of carbonyl (C=O) groups excluding carboxylic acids is 1. The number of rotatable bonds is 6. The van der Waals surface area contributed by atoms with Gasteiger partial charge in [-0.05, 0) is 32.6 Å². The zero-order chi connectivity index (χ0) is 15.2. The van der Waals surface area contributed by atoms with Gasteiger partial charge in [0.05, 0.1) is 17.9 Å². The predicted molar refractivity (Wildman–Crippen MR) is 81.1 cm³/mol. The topological polar surface area (TPSA) is 90.1 Å². The Hall–Kier alpha value is -1.69. The zero-order valence-corrected chi connectivity index (χ0v) is 12.8. The molecule has 1 heterocycles. The van der Waals surface area contributed by atoms with Crippen LogP contribution in [-0.4, -0.2) is 35.1 Å². The van der Waals surface area contributed by atoms with Crippen molar-refractivity contribution in [1.82, 2.24) is 9.97 Å². The van der Waals surface area contributed by atoms with Crippen LogP contribution in [0.3, 0.4) is 0 Å². The summed E-state index contributed by atoms with van der Waals surface area (Å²) in [6.07, 6.45) is 6.46. The molecule has 2 rings (SSSR count). The van der Waals surface area contributed by atoms with Crippen molar-refractivity contribution in [3.8, 4) is 0 Å². The molecule has 21 heavy (non-hydrogen) atoms. The average Bonchev–Trinajstić information content (AvgIpc) is 2.99. The average molecular weight is 292 g/mol. The molecular weight excluding hydrogens is 268 g/mol. The molecule has 1 aliphatic rings. The molecule has 0 aromatic carbocycles. The van der Waals surface area contributed by atoms with Crippen LogP contribution in [0.2, 0.25) is 0 Å². The van der Waals surface area contributed by atoms with Gasteiger partial charge in [-0.1, -0.05) is 12.8 Å². The van der Waals surface area contributed by atoms with E-state index in [1.54, 1.807) is 13.8 Å². The lowest BCUT2D eigenvalue weighted by atomic mass is 9.98. The van der Waals surface area contributed by atoms with Gasteiger partial charge in [-0.15, -0.1) is 0 Å². The second kappa shape index (κ2) is 7.36. The Morgan fingerprint density at radius 1 is 1.52 bits per heavy atom. The summed E-state index contributed by atoms with van der Waals surface area (Å²) in [5, 5.41) is 3.31. The molecule has 3 N–H and O–H groups in total. The minimum absolute atomic E-state index is 0.195. The van der Waals surface area contributed by atoms with E-state index in [0.717, 1.165) is 0 Å². The second-order valence-electron chi connectivity index (χ2n) is 5.44. The monoisotopic (exact) mass is 292 g/mol. The summed E-state index contributed by atoms with van der Waals surface area (Å²) in [6, 6.07) is 0.195. The van der Waals surface area contributed by atoms with Crippen molar-refractivity contribution in [3.63, 3.8) is 0 Å². The van der Waals surface area contributed by atoms with E-state index in [1.165, 1.54) is 31.9 Å². The molecular formula is C15H24N4O2. The number of esters is 1. The van der Waals surface area contributed by atoms with E-state index in [9.17, 15) is 4.79 Å². The molecule has 0 radical (unpaired) electrons. The van der Waals surface area contributed by atoms with E-state index in [4.69, 9.17) is 10.5 Å². The van der Waals surface area contributed by atoms with Crippen LogP contribution in [0.4, 0.5) is 5.95 Å². The summed E-state index contributed by atoms with van der Waals surface area (Å²) < 4.78 is 4.97. The summed E-state index contributed by atoms with van der Waals surface area (Å²) in [5.74, 6) is 0.735. The largest absolute Gasteiger partial charge is 0.462 e. The minimum Gasteiger partial charge on any atom is -0.462 e. The molecule has 1 unspecified atom stereocenters. The Bertz CT molecular complexity index is 487. The highest BCUT2D eigenvalue weighted by molar-refractivity contribution is 5.90. The van der Waals surface area contributed by atoms with Gasteiger partial charge in [-0.25, -0.2) is 14.8 Å². The van der Waals surface area contributed by atoms with Gasteiger partial charge in [0.2, 0.25) is 5.95 Å². The molecule has 1 aromatic heterocycles. The summed E-state index contributed by atoms with van der Waals surface area (Å²) in [4.78, 5) is 20.3. The van der Waals surface area contributed by atoms with E-state index in [2.05, 4.69) is 15.3 Å². The van der Waals surface area contributed by atoms with Crippen LogP contribution in [-0.2, 0) is 4.74 Å². The van der Waals surface area contributed by atoms with Crippen molar-refractivity contribution in [2.24, 2.45) is 11.7 Å². The molecule has 6 nitrogen and oxygen atoms in total. The van der Waals surface area contributed by atoms with Crippen molar-refractivity contribution in [2.45, 2.75) is 45.6 Å². The van der Waals surface area contributed by atoms with Crippen molar-refractivity contribution in [2.75, 3.05) is 18.5 Å². The van der Waals surface area contributed by atoms with Crippen molar-refractivity contribution in [3.05, 3.63) is 17.5 Å². The summed E-state index contributed by atoms with van der Waals surface area (Å²) in [7, 11) is 0. The Kier molecular flexibility index (Phi) is 5.50. The third-order valence-electron chi connectivity index (χ3n) is 4.01. The minimum atomic E-state index is -0.382. The van der Waals surface area contributed by atoms with E-state index < -0.39 is 0 Å². The van der Waals surface area contributed by atoms with Gasteiger partial charge < -0.3 is 15.8 Å². The van der Waals surface area contributed by atoms with Crippen LogP contribution in [0.5, 0.6) is 0 Å². The quantitative estimate of drug-likeness (QED) is 0.778. The number of aromatic nitrogens is 2. The molecule has 1 fully saturated rings. The summed E-state index contributed by atoms with van der Waals surface area (Å²) in [6.45, 7) is 4.46. The highest BCUT2D eigenvalue weighted by atomic mass is 16.5. The summed E-state index contributed by atoms with van der Waals surface area (Å²) >= 11 is 0. The fourth-order valence-electron chi connectivity index (χ4n) is 2.84. The van der Waals surface area contributed by atoms with E-state index in [-0.39, 0.29) is 12.0 Å². The van der Waals surface area contributed by atoms with Crippen molar-refractivity contribution >= 4 is 11.9 Å². The first-order valence-electron chi connectivity index (χ1n) is 7.63. The van der Waals surface area contributed by atoms with Crippen molar-refractivity contribution in [1.29, 1.82) is 0 Å². The molecule has 116 valence electrons. The SMILES string of the molecule is CCOC(=O)c1cnc(NC(CN)C2CCCC2)nc1C. The fourth-order valence-corrected chi connectivity index (χ4v) is 2.84. The number of anilines is 1. The number of hydrogen-bond donors (Lipinski definition) is 2. The third kappa shape index (κ3) is 3.91. The Labute approximate surface area is 125 Å². The third-order valence-corrected chi connectivity index (χ3v) is 4.01. The highest BCUT2D eigenvalue weighted by Gasteiger charge is 2.24. The first-order valence-corrected chi connectivity index (χ1v) is 7.63. The lowest BCUT2D eigenvalue weighted by Gasteiger charge is -2.23. The number of carbonyl (C=O) groups is 1. The maximum Gasteiger partial charge on any atom is 0.341 e. The van der Waals surface area contributed by atoms with Crippen molar-refractivity contribution < 1.29 is 9.53 Å². The number of ether oxygens (including phenoxy) is 1. The summed E-state index contributed by atoms with van der Waals surface area (Å²) in [5.41, 5.74) is 6.89. The van der Waals surface area contributed by atoms with Crippen LogP contribution in [0.25, 0.3) is 0 Å². The number of nitrogens with two attached hydrogens (primary N) is 1. The first kappa shape index (κ1) is 15.7. The Morgan fingerprint density at radius 3 is 2.81 bits per heavy atom. The van der Waals surface area contributed by atoms with Gasteiger partial charge >= 0.3 is 5.97 Å². The molecule has 1 aliphatic carbocycles.